The first-order chi connectivity index (χ1) is 8.16. The molecule has 3 rings (SSSR count). The molecule has 7 heteroatoms. The van der Waals surface area contributed by atoms with Gasteiger partial charge >= 0.3 is 0 Å². The van der Waals surface area contributed by atoms with Gasteiger partial charge in [-0.3, -0.25) is 0 Å². The van der Waals surface area contributed by atoms with Gasteiger partial charge in [-0.25, -0.2) is 4.39 Å². The van der Waals surface area contributed by atoms with Crippen LogP contribution in [0.4, 0.5) is 10.3 Å². The summed E-state index contributed by atoms with van der Waals surface area (Å²) in [4.78, 5) is 0. The topological polar surface area (TPSA) is 90.7 Å². The Hall–Kier alpha value is -2.44. The first-order valence-corrected chi connectivity index (χ1v) is 4.70. The van der Waals surface area contributed by atoms with Crippen LogP contribution in [0.2, 0.25) is 0 Å². The molecule has 2 aromatic rings. The molecular weight excluding hydrogens is 231 g/mol. The van der Waals surface area contributed by atoms with E-state index >= 15 is 0 Å². The van der Waals surface area contributed by atoms with Crippen LogP contribution < -0.4 is 15.2 Å². The number of rotatable bonds is 1. The van der Waals surface area contributed by atoms with Gasteiger partial charge in [-0.1, -0.05) is 5.16 Å². The fourth-order valence-electron chi connectivity index (χ4n) is 1.65. The number of phenolic OH excluding ortho intramolecular Hbond substituents is 1. The number of hydrogen-bond donors (Lipinski definition) is 2. The van der Waals surface area contributed by atoms with Crippen molar-refractivity contribution < 1.29 is 23.5 Å². The second-order valence-electron chi connectivity index (χ2n) is 3.43. The number of anilines is 1. The summed E-state index contributed by atoms with van der Waals surface area (Å²) in [5.41, 5.74) is 5.62. The largest absolute Gasteiger partial charge is 0.504 e. The van der Waals surface area contributed by atoms with Gasteiger partial charge in [0.15, 0.2) is 23.1 Å². The molecule has 0 saturated carbocycles. The Morgan fingerprint density at radius 3 is 2.88 bits per heavy atom. The van der Waals surface area contributed by atoms with Gasteiger partial charge < -0.3 is 24.8 Å². The first-order valence-electron chi connectivity index (χ1n) is 4.70. The van der Waals surface area contributed by atoms with Crippen LogP contribution in [-0.4, -0.2) is 17.1 Å². The molecule has 0 fully saturated rings. The molecule has 3 N–H and O–H groups in total. The quantitative estimate of drug-likeness (QED) is 0.782. The third kappa shape index (κ3) is 1.36. The van der Waals surface area contributed by atoms with Crippen LogP contribution in [0.15, 0.2) is 16.7 Å². The van der Waals surface area contributed by atoms with Gasteiger partial charge in [0.1, 0.15) is 5.69 Å². The Labute approximate surface area is 94.3 Å². The summed E-state index contributed by atoms with van der Waals surface area (Å²) in [7, 11) is 0. The molecule has 0 amide bonds. The molecule has 0 atom stereocenters. The number of nitrogen functional groups attached to an aromatic ring is 1. The van der Waals surface area contributed by atoms with Crippen molar-refractivity contribution in [1.29, 1.82) is 0 Å². The maximum atomic E-state index is 13.5. The van der Waals surface area contributed by atoms with Crippen molar-refractivity contribution in [2.45, 2.75) is 0 Å². The summed E-state index contributed by atoms with van der Waals surface area (Å²) >= 11 is 0. The third-order valence-corrected chi connectivity index (χ3v) is 2.37. The molecule has 0 bridgehead atoms. The molecule has 6 nitrogen and oxygen atoms in total. The summed E-state index contributed by atoms with van der Waals surface area (Å²) in [6.07, 6.45) is 0. The van der Waals surface area contributed by atoms with Crippen molar-refractivity contribution in [2.24, 2.45) is 0 Å². The first kappa shape index (κ1) is 9.76. The van der Waals surface area contributed by atoms with Crippen LogP contribution in [0.25, 0.3) is 11.3 Å². The van der Waals surface area contributed by atoms with Gasteiger partial charge in [-0.15, -0.1) is 0 Å². The molecule has 88 valence electrons. The molecule has 1 aliphatic heterocycles. The van der Waals surface area contributed by atoms with Crippen LogP contribution in [0.5, 0.6) is 17.2 Å². The lowest BCUT2D eigenvalue weighted by atomic mass is 10.1. The number of aromatic hydroxyl groups is 1. The molecule has 17 heavy (non-hydrogen) atoms. The highest BCUT2D eigenvalue weighted by Gasteiger charge is 2.27. The average molecular weight is 238 g/mol. The van der Waals surface area contributed by atoms with Crippen molar-refractivity contribution in [3.63, 3.8) is 0 Å². The second-order valence-corrected chi connectivity index (χ2v) is 3.43. The van der Waals surface area contributed by atoms with Gasteiger partial charge in [0.25, 0.3) is 0 Å². The van der Waals surface area contributed by atoms with Crippen LogP contribution in [-0.2, 0) is 0 Å². The Morgan fingerprint density at radius 2 is 2.18 bits per heavy atom. The van der Waals surface area contributed by atoms with Crippen LogP contribution in [0.1, 0.15) is 0 Å². The van der Waals surface area contributed by atoms with E-state index in [-0.39, 0.29) is 35.4 Å². The number of nitrogens with zero attached hydrogens (tertiary/aromatic N) is 1. The zero-order chi connectivity index (χ0) is 12.0. The van der Waals surface area contributed by atoms with Crippen LogP contribution >= 0.6 is 0 Å². The van der Waals surface area contributed by atoms with Gasteiger partial charge in [0, 0.05) is 12.1 Å². The van der Waals surface area contributed by atoms with Gasteiger partial charge in [0.2, 0.25) is 12.7 Å². The summed E-state index contributed by atoms with van der Waals surface area (Å²) in [5, 5.41) is 13.3. The average Bonchev–Trinajstić information content (AvgIpc) is 2.89. The smallest absolute Gasteiger partial charge is 0.231 e. The monoisotopic (exact) mass is 238 g/mol. The maximum absolute atomic E-state index is 13.5. The normalized spacial score (nSPS) is 13.0. The molecule has 1 aromatic carbocycles. The van der Waals surface area contributed by atoms with E-state index in [1.54, 1.807) is 0 Å². The van der Waals surface area contributed by atoms with E-state index < -0.39 is 11.6 Å². The van der Waals surface area contributed by atoms with E-state index in [2.05, 4.69) is 9.68 Å². The number of halogens is 1. The van der Waals surface area contributed by atoms with Crippen LogP contribution in [0, 0.1) is 5.82 Å². The SMILES string of the molecule is Nc1cc(-c2c(O)c(F)cc3c2OCO3)no1. The number of ether oxygens (including phenoxy) is 2. The van der Waals surface area contributed by atoms with Crippen molar-refractivity contribution in [3.8, 4) is 28.5 Å². The zero-order valence-electron chi connectivity index (χ0n) is 8.44. The lowest BCUT2D eigenvalue weighted by Crippen LogP contribution is -1.93. The predicted molar refractivity (Wildman–Crippen MR) is 54.1 cm³/mol. The lowest BCUT2D eigenvalue weighted by molar-refractivity contribution is 0.174. The Morgan fingerprint density at radius 1 is 1.35 bits per heavy atom. The van der Waals surface area contributed by atoms with E-state index in [1.807, 2.05) is 0 Å². The minimum Gasteiger partial charge on any atom is -0.504 e. The van der Waals surface area contributed by atoms with Crippen molar-refractivity contribution in [1.82, 2.24) is 5.16 Å². The molecular formula is C10H7FN2O4. The second kappa shape index (κ2) is 3.27. The van der Waals surface area contributed by atoms with Gasteiger partial charge in [-0.05, 0) is 0 Å². The molecule has 1 aromatic heterocycles. The number of fused-ring (bicyclic) bond motifs is 1. The third-order valence-electron chi connectivity index (χ3n) is 2.37. The number of phenols is 1. The molecule has 0 unspecified atom stereocenters. The standard InChI is InChI=1S/C10H7FN2O4/c11-4-1-6-10(16-3-15-6)8(9(4)14)5-2-7(12)17-13-5/h1-2,14H,3,12H2. The summed E-state index contributed by atoms with van der Waals surface area (Å²) in [6, 6.07) is 2.40. The lowest BCUT2D eigenvalue weighted by Gasteiger charge is -2.05. The molecule has 1 aliphatic rings. The highest BCUT2D eigenvalue weighted by Crippen LogP contribution is 2.47. The number of nitrogens with two attached hydrogens (primary N) is 1. The minimum absolute atomic E-state index is 0.0431. The Bertz CT molecular complexity index is 596. The fraction of sp³-hybridized carbons (Fsp3) is 0.100. The van der Waals surface area contributed by atoms with E-state index in [4.69, 9.17) is 15.2 Å². The van der Waals surface area contributed by atoms with Crippen molar-refractivity contribution in [3.05, 3.63) is 17.9 Å². The predicted octanol–water partition coefficient (Wildman–Crippen LogP) is 1.50. The Kier molecular flexibility index (Phi) is 1.88. The number of aromatic nitrogens is 1. The molecule has 0 aliphatic carbocycles. The van der Waals surface area contributed by atoms with Gasteiger partial charge in [0.05, 0.1) is 5.56 Å². The summed E-state index contributed by atoms with van der Waals surface area (Å²) in [6.45, 7) is -0.0431. The van der Waals surface area contributed by atoms with Crippen LogP contribution in [0.3, 0.4) is 0 Å². The zero-order valence-corrected chi connectivity index (χ0v) is 8.44. The maximum Gasteiger partial charge on any atom is 0.231 e. The van der Waals surface area contributed by atoms with E-state index in [0.717, 1.165) is 6.07 Å². The highest BCUT2D eigenvalue weighted by atomic mass is 19.1. The minimum atomic E-state index is -0.828. The van der Waals surface area contributed by atoms with Gasteiger partial charge in [-0.2, -0.15) is 0 Å². The Balaban J connectivity index is 2.28. The summed E-state index contributed by atoms with van der Waals surface area (Å²) in [5.74, 6) is -0.932. The molecule has 0 radical (unpaired) electrons. The number of benzene rings is 1. The summed E-state index contributed by atoms with van der Waals surface area (Å²) < 4.78 is 28.3. The van der Waals surface area contributed by atoms with Crippen molar-refractivity contribution in [2.75, 3.05) is 12.5 Å². The molecule has 0 saturated heterocycles. The van der Waals surface area contributed by atoms with E-state index in [1.165, 1.54) is 6.07 Å². The highest BCUT2D eigenvalue weighted by molar-refractivity contribution is 5.78. The molecule has 2 heterocycles. The number of hydrogen-bond acceptors (Lipinski definition) is 6. The molecule has 0 spiro atoms. The fourth-order valence-corrected chi connectivity index (χ4v) is 1.65. The van der Waals surface area contributed by atoms with Crippen molar-refractivity contribution >= 4 is 5.88 Å². The van der Waals surface area contributed by atoms with E-state index in [9.17, 15) is 9.50 Å². The van der Waals surface area contributed by atoms with E-state index in [0.29, 0.717) is 0 Å².